The third-order valence-electron chi connectivity index (χ3n) is 3.65. The normalized spacial score (nSPS) is 16.9. The first-order valence-corrected chi connectivity index (χ1v) is 6.59. The third kappa shape index (κ3) is 2.96. The molecule has 108 valence electrons. The molecule has 2 N–H and O–H groups in total. The zero-order valence-corrected chi connectivity index (χ0v) is 11.4. The maximum atomic E-state index is 12.3. The van der Waals surface area contributed by atoms with E-state index in [4.69, 9.17) is 5.11 Å². The molecule has 1 aromatic heterocycles. The van der Waals surface area contributed by atoms with Crippen molar-refractivity contribution >= 4 is 11.9 Å². The van der Waals surface area contributed by atoms with Crippen LogP contribution in [0.3, 0.4) is 0 Å². The number of rotatable bonds is 4. The average molecular weight is 278 g/mol. The van der Waals surface area contributed by atoms with E-state index >= 15 is 0 Å². The van der Waals surface area contributed by atoms with Gasteiger partial charge in [0.1, 0.15) is 5.69 Å². The Balaban J connectivity index is 2.16. The van der Waals surface area contributed by atoms with Crippen molar-refractivity contribution in [1.82, 2.24) is 9.88 Å². The van der Waals surface area contributed by atoms with Crippen LogP contribution >= 0.6 is 0 Å². The predicted molar refractivity (Wildman–Crippen MR) is 71.6 cm³/mol. The molecule has 0 unspecified atom stereocenters. The Bertz CT molecular complexity index is 524. The van der Waals surface area contributed by atoms with Gasteiger partial charge >= 0.3 is 5.97 Å². The molecule has 0 bridgehead atoms. The summed E-state index contributed by atoms with van der Waals surface area (Å²) in [6.45, 7) is 0.196. The van der Waals surface area contributed by atoms with Gasteiger partial charge in [0, 0.05) is 19.8 Å². The van der Waals surface area contributed by atoms with Gasteiger partial charge in [-0.2, -0.15) is 0 Å². The summed E-state index contributed by atoms with van der Waals surface area (Å²) in [5.41, 5.74) is -1.07. The van der Waals surface area contributed by atoms with Crippen LogP contribution in [0, 0.1) is 0 Å². The van der Waals surface area contributed by atoms with Crippen LogP contribution < -0.4 is 0 Å². The summed E-state index contributed by atoms with van der Waals surface area (Å²) in [5, 5.41) is 19.4. The van der Waals surface area contributed by atoms with Crippen molar-refractivity contribution in [3.05, 3.63) is 29.6 Å². The van der Waals surface area contributed by atoms with E-state index in [0.717, 1.165) is 12.8 Å². The van der Waals surface area contributed by atoms with E-state index < -0.39 is 17.5 Å². The van der Waals surface area contributed by atoms with Gasteiger partial charge in [-0.3, -0.25) is 9.78 Å². The van der Waals surface area contributed by atoms with E-state index in [1.165, 1.54) is 23.2 Å². The molecule has 2 rings (SSSR count). The number of pyridine rings is 1. The van der Waals surface area contributed by atoms with Gasteiger partial charge in [-0.15, -0.1) is 0 Å². The fourth-order valence-electron chi connectivity index (χ4n) is 2.63. The average Bonchev–Trinajstić information content (AvgIpc) is 2.84. The Morgan fingerprint density at radius 1 is 1.40 bits per heavy atom. The van der Waals surface area contributed by atoms with Crippen LogP contribution in [0.4, 0.5) is 0 Å². The molecule has 0 aliphatic heterocycles. The number of aromatic nitrogens is 1. The maximum absolute atomic E-state index is 12.3. The fourth-order valence-corrected chi connectivity index (χ4v) is 2.63. The van der Waals surface area contributed by atoms with Gasteiger partial charge in [0.2, 0.25) is 0 Å². The van der Waals surface area contributed by atoms with Crippen molar-refractivity contribution < 1.29 is 19.8 Å². The van der Waals surface area contributed by atoms with Crippen LogP contribution in [0.15, 0.2) is 18.3 Å². The maximum Gasteiger partial charge on any atom is 0.338 e. The predicted octanol–water partition coefficient (Wildman–Crippen LogP) is 1.16. The second-order valence-corrected chi connectivity index (χ2v) is 5.30. The first-order chi connectivity index (χ1) is 9.43. The molecule has 0 radical (unpaired) electrons. The van der Waals surface area contributed by atoms with Gasteiger partial charge in [-0.05, 0) is 25.0 Å². The minimum absolute atomic E-state index is 0.0934. The summed E-state index contributed by atoms with van der Waals surface area (Å²) in [5.74, 6) is -1.67. The molecule has 0 atom stereocenters. The zero-order valence-electron chi connectivity index (χ0n) is 11.4. The van der Waals surface area contributed by atoms with Crippen molar-refractivity contribution in [2.75, 3.05) is 13.6 Å². The van der Waals surface area contributed by atoms with Gasteiger partial charge in [0.05, 0.1) is 11.2 Å². The molecule has 1 amide bonds. The molecular weight excluding hydrogens is 260 g/mol. The number of carboxylic acid groups (broad SMARTS) is 1. The van der Waals surface area contributed by atoms with Gasteiger partial charge in [0.25, 0.3) is 5.91 Å². The first-order valence-electron chi connectivity index (χ1n) is 6.59. The lowest BCUT2D eigenvalue weighted by Gasteiger charge is -2.28. The highest BCUT2D eigenvalue weighted by Gasteiger charge is 2.34. The number of nitrogens with zero attached hydrogens (tertiary/aromatic N) is 2. The molecule has 1 aliphatic carbocycles. The summed E-state index contributed by atoms with van der Waals surface area (Å²) in [6, 6.07) is 2.82. The lowest BCUT2D eigenvalue weighted by molar-refractivity contribution is 0.0154. The van der Waals surface area contributed by atoms with Crippen LogP contribution in [-0.2, 0) is 0 Å². The van der Waals surface area contributed by atoms with E-state index in [0.29, 0.717) is 12.8 Å². The molecule has 6 nitrogen and oxygen atoms in total. The number of carbonyl (C=O) groups excluding carboxylic acids is 1. The van der Waals surface area contributed by atoms with Crippen LogP contribution in [0.2, 0.25) is 0 Å². The van der Waals surface area contributed by atoms with Crippen LogP contribution in [0.5, 0.6) is 0 Å². The Labute approximate surface area is 117 Å². The van der Waals surface area contributed by atoms with E-state index in [9.17, 15) is 14.7 Å². The third-order valence-corrected chi connectivity index (χ3v) is 3.65. The Kier molecular flexibility index (Phi) is 4.04. The highest BCUT2D eigenvalue weighted by atomic mass is 16.4. The SMILES string of the molecule is CN(CC1(O)CCCC1)C(=O)c1ncccc1C(=O)O. The van der Waals surface area contributed by atoms with Gasteiger partial charge in [0.15, 0.2) is 0 Å². The highest BCUT2D eigenvalue weighted by molar-refractivity contribution is 6.03. The standard InChI is InChI=1S/C14H18N2O4/c1-16(9-14(20)6-2-3-7-14)12(17)11-10(13(18)19)5-4-8-15-11/h4-5,8,20H,2-3,6-7,9H2,1H3,(H,18,19). The molecule has 1 heterocycles. The summed E-state index contributed by atoms with van der Waals surface area (Å²) in [4.78, 5) is 28.6. The number of hydrogen-bond donors (Lipinski definition) is 2. The van der Waals surface area contributed by atoms with Crippen molar-refractivity contribution in [3.63, 3.8) is 0 Å². The fraction of sp³-hybridized carbons (Fsp3) is 0.500. The number of amides is 1. The second kappa shape index (κ2) is 5.58. The van der Waals surface area contributed by atoms with Crippen molar-refractivity contribution in [3.8, 4) is 0 Å². The largest absolute Gasteiger partial charge is 0.478 e. The van der Waals surface area contributed by atoms with Crippen molar-refractivity contribution in [2.45, 2.75) is 31.3 Å². The van der Waals surface area contributed by atoms with Crippen molar-refractivity contribution in [1.29, 1.82) is 0 Å². The molecule has 6 heteroatoms. The summed E-state index contributed by atoms with van der Waals surface area (Å²) in [7, 11) is 1.55. The van der Waals surface area contributed by atoms with Gasteiger partial charge < -0.3 is 15.1 Å². The van der Waals surface area contributed by atoms with E-state index in [2.05, 4.69) is 4.98 Å². The Morgan fingerprint density at radius 2 is 2.05 bits per heavy atom. The minimum atomic E-state index is -1.19. The topological polar surface area (TPSA) is 90.7 Å². The number of hydrogen-bond acceptors (Lipinski definition) is 4. The number of likely N-dealkylation sites (N-methyl/N-ethyl adjacent to an activating group) is 1. The van der Waals surface area contributed by atoms with Gasteiger partial charge in [-0.25, -0.2) is 4.79 Å². The molecule has 0 spiro atoms. The number of carbonyl (C=O) groups is 2. The Hall–Kier alpha value is -1.95. The molecular formula is C14H18N2O4. The zero-order chi connectivity index (χ0) is 14.8. The molecule has 1 saturated carbocycles. The molecule has 0 saturated heterocycles. The van der Waals surface area contributed by atoms with Crippen LogP contribution in [-0.4, -0.2) is 51.2 Å². The summed E-state index contributed by atoms with van der Waals surface area (Å²) in [6.07, 6.45) is 4.61. The second-order valence-electron chi connectivity index (χ2n) is 5.30. The van der Waals surface area contributed by atoms with E-state index in [1.54, 1.807) is 7.05 Å². The molecule has 0 aromatic carbocycles. The van der Waals surface area contributed by atoms with Gasteiger partial charge in [-0.1, -0.05) is 12.8 Å². The highest BCUT2D eigenvalue weighted by Crippen LogP contribution is 2.30. The lowest BCUT2D eigenvalue weighted by Crippen LogP contribution is -2.42. The quantitative estimate of drug-likeness (QED) is 0.862. The first kappa shape index (κ1) is 14.5. The molecule has 1 aromatic rings. The van der Waals surface area contributed by atoms with Crippen LogP contribution in [0.1, 0.15) is 46.5 Å². The molecule has 20 heavy (non-hydrogen) atoms. The number of aromatic carboxylic acids is 1. The van der Waals surface area contributed by atoms with E-state index in [1.807, 2.05) is 0 Å². The summed E-state index contributed by atoms with van der Waals surface area (Å²) >= 11 is 0. The van der Waals surface area contributed by atoms with E-state index in [-0.39, 0.29) is 17.8 Å². The van der Waals surface area contributed by atoms with Crippen molar-refractivity contribution in [2.24, 2.45) is 0 Å². The lowest BCUT2D eigenvalue weighted by atomic mass is 10.0. The summed E-state index contributed by atoms with van der Waals surface area (Å²) < 4.78 is 0. The number of aliphatic hydroxyl groups is 1. The minimum Gasteiger partial charge on any atom is -0.478 e. The Morgan fingerprint density at radius 3 is 2.65 bits per heavy atom. The monoisotopic (exact) mass is 278 g/mol. The smallest absolute Gasteiger partial charge is 0.338 e. The number of carboxylic acids is 1. The molecule has 1 fully saturated rings. The van der Waals surface area contributed by atoms with Crippen LogP contribution in [0.25, 0.3) is 0 Å². The molecule has 1 aliphatic rings.